The van der Waals surface area contributed by atoms with Gasteiger partial charge in [-0.3, -0.25) is 0 Å². The van der Waals surface area contributed by atoms with Gasteiger partial charge in [-0.25, -0.2) is 0 Å². The first-order valence-electron chi connectivity index (χ1n) is 11.7. The first kappa shape index (κ1) is 23.0. The van der Waals surface area contributed by atoms with Crippen LogP contribution >= 0.6 is 0 Å². The van der Waals surface area contributed by atoms with Crippen molar-refractivity contribution in [3.8, 4) is 5.75 Å². The summed E-state index contributed by atoms with van der Waals surface area (Å²) in [7, 11) is 0. The van der Waals surface area contributed by atoms with Crippen LogP contribution in [0.15, 0.2) is 36.4 Å². The Balaban J connectivity index is 1.42. The summed E-state index contributed by atoms with van der Waals surface area (Å²) in [5, 5.41) is 0. The van der Waals surface area contributed by atoms with Gasteiger partial charge in [0.25, 0.3) is 0 Å². The fourth-order valence-corrected chi connectivity index (χ4v) is 3.46. The monoisotopic (exact) mass is 386 g/mol. The van der Waals surface area contributed by atoms with Gasteiger partial charge in [0.15, 0.2) is 0 Å². The number of benzene rings is 1. The van der Waals surface area contributed by atoms with Crippen molar-refractivity contribution in [1.29, 1.82) is 0 Å². The normalized spacial score (nSPS) is 18.6. The second-order valence-corrected chi connectivity index (χ2v) is 8.66. The number of epoxide rings is 1. The topological polar surface area (TPSA) is 21.8 Å². The number of ether oxygens (including phenoxy) is 2. The van der Waals surface area contributed by atoms with Crippen LogP contribution in [-0.4, -0.2) is 18.8 Å². The van der Waals surface area contributed by atoms with Crippen molar-refractivity contribution in [3.63, 3.8) is 0 Å². The lowest BCUT2D eigenvalue weighted by Crippen LogP contribution is -2.16. The molecule has 0 spiro atoms. The van der Waals surface area contributed by atoms with E-state index in [9.17, 15) is 0 Å². The number of hydrogen-bond acceptors (Lipinski definition) is 2. The van der Waals surface area contributed by atoms with Crippen molar-refractivity contribution in [2.75, 3.05) is 13.2 Å². The number of unbranched alkanes of at least 4 members (excludes halogenated alkanes) is 10. The maximum atomic E-state index is 5.86. The molecular formula is C26H42O2. The minimum atomic E-state index is -0.0426. The van der Waals surface area contributed by atoms with Crippen LogP contribution in [0, 0.1) is 0 Å². The molecule has 1 unspecified atom stereocenters. The number of allylic oxidation sites excluding steroid dienone is 2. The van der Waals surface area contributed by atoms with Gasteiger partial charge in [-0.2, -0.15) is 0 Å². The van der Waals surface area contributed by atoms with E-state index in [-0.39, 0.29) is 5.60 Å². The Labute approximate surface area is 173 Å². The molecule has 1 aliphatic heterocycles. The highest BCUT2D eigenvalue weighted by Gasteiger charge is 2.40. The second kappa shape index (κ2) is 13.8. The van der Waals surface area contributed by atoms with E-state index in [1.807, 2.05) is 6.07 Å². The second-order valence-electron chi connectivity index (χ2n) is 8.66. The van der Waals surface area contributed by atoms with Crippen LogP contribution in [0.2, 0.25) is 0 Å². The predicted octanol–water partition coefficient (Wildman–Crippen LogP) is 7.65. The summed E-state index contributed by atoms with van der Waals surface area (Å²) in [6.45, 7) is 5.85. The third-order valence-electron chi connectivity index (χ3n) is 5.56. The van der Waals surface area contributed by atoms with Crippen LogP contribution in [0.25, 0.3) is 0 Å². The molecular weight excluding hydrogens is 344 g/mol. The van der Waals surface area contributed by atoms with E-state index in [0.717, 1.165) is 18.8 Å². The molecule has 0 radical (unpaired) electrons. The van der Waals surface area contributed by atoms with E-state index in [1.165, 1.54) is 82.6 Å². The lowest BCUT2D eigenvalue weighted by Gasteiger charge is -2.10. The molecule has 2 nitrogen and oxygen atoms in total. The Kier molecular flexibility index (Phi) is 11.4. The Hall–Kier alpha value is -1.28. The summed E-state index contributed by atoms with van der Waals surface area (Å²) in [6, 6.07) is 8.56. The third kappa shape index (κ3) is 10.9. The smallest absolute Gasteiger partial charge is 0.123 e. The number of hydrogen-bond donors (Lipinski definition) is 0. The largest absolute Gasteiger partial charge is 0.490 e. The van der Waals surface area contributed by atoms with Gasteiger partial charge >= 0.3 is 0 Å². The molecule has 0 bridgehead atoms. The first-order valence-corrected chi connectivity index (χ1v) is 11.7. The quantitative estimate of drug-likeness (QED) is 0.156. The fraction of sp³-hybridized carbons (Fsp3) is 0.692. The van der Waals surface area contributed by atoms with Gasteiger partial charge in [0.2, 0.25) is 0 Å². The van der Waals surface area contributed by atoms with Gasteiger partial charge in [0.1, 0.15) is 18.0 Å². The highest BCUT2D eigenvalue weighted by molar-refractivity contribution is 5.28. The maximum Gasteiger partial charge on any atom is 0.123 e. The van der Waals surface area contributed by atoms with Crippen molar-refractivity contribution in [2.24, 2.45) is 0 Å². The minimum absolute atomic E-state index is 0.0426. The average Bonchev–Trinajstić information content (AvgIpc) is 3.45. The van der Waals surface area contributed by atoms with Gasteiger partial charge < -0.3 is 9.47 Å². The molecule has 0 aliphatic carbocycles. The molecule has 0 amide bonds. The molecule has 0 N–H and O–H groups in total. The van der Waals surface area contributed by atoms with E-state index < -0.39 is 0 Å². The first-order chi connectivity index (χ1) is 13.7. The molecule has 2 rings (SSSR count). The van der Waals surface area contributed by atoms with Crippen LogP contribution in [0.4, 0.5) is 0 Å². The summed E-state index contributed by atoms with van der Waals surface area (Å²) in [5.74, 6) is 0.977. The Morgan fingerprint density at radius 1 is 0.929 bits per heavy atom. The molecule has 158 valence electrons. The molecule has 0 aromatic heterocycles. The molecule has 0 saturated carbocycles. The highest BCUT2D eigenvalue weighted by Crippen LogP contribution is 2.27. The Morgan fingerprint density at radius 3 is 2.25 bits per heavy atom. The lowest BCUT2D eigenvalue weighted by molar-refractivity contribution is 0.202. The molecule has 1 aromatic carbocycles. The van der Waals surface area contributed by atoms with Crippen molar-refractivity contribution in [2.45, 2.75) is 103 Å². The summed E-state index contributed by atoms with van der Waals surface area (Å²) < 4.78 is 11.2. The van der Waals surface area contributed by atoms with E-state index in [1.54, 1.807) is 0 Å². The van der Waals surface area contributed by atoms with E-state index in [2.05, 4.69) is 44.2 Å². The number of aryl methyl sites for hydroxylation is 1. The zero-order valence-corrected chi connectivity index (χ0v) is 18.4. The number of rotatable bonds is 17. The van der Waals surface area contributed by atoms with Gasteiger partial charge in [-0.15, -0.1) is 0 Å². The summed E-state index contributed by atoms with van der Waals surface area (Å²) in [6.07, 6.45) is 22.1. The Bertz CT molecular complexity index is 545. The summed E-state index contributed by atoms with van der Waals surface area (Å²) >= 11 is 0. The van der Waals surface area contributed by atoms with E-state index in [4.69, 9.17) is 9.47 Å². The molecule has 1 atom stereocenters. The summed E-state index contributed by atoms with van der Waals surface area (Å²) in [5.41, 5.74) is 1.34. The van der Waals surface area contributed by atoms with Crippen molar-refractivity contribution in [1.82, 2.24) is 0 Å². The standard InChI is InChI=1S/C26H42O2/c1-3-4-5-6-7-8-9-10-11-12-13-14-15-16-18-24-19-17-20-25(21-24)27-22-26(2)23-28-26/h10-11,17,19-21H,3-9,12-16,18,22-23H2,1-2H3/b11-10+. The zero-order chi connectivity index (χ0) is 19.9. The van der Waals surface area contributed by atoms with Crippen LogP contribution in [0.3, 0.4) is 0 Å². The molecule has 28 heavy (non-hydrogen) atoms. The third-order valence-corrected chi connectivity index (χ3v) is 5.56. The van der Waals surface area contributed by atoms with Crippen LogP contribution in [-0.2, 0) is 11.2 Å². The molecule has 1 fully saturated rings. The van der Waals surface area contributed by atoms with Crippen LogP contribution in [0.5, 0.6) is 5.75 Å². The zero-order valence-electron chi connectivity index (χ0n) is 18.4. The highest BCUT2D eigenvalue weighted by atomic mass is 16.6. The molecule has 1 saturated heterocycles. The van der Waals surface area contributed by atoms with Gasteiger partial charge in [-0.1, -0.05) is 76.2 Å². The fourth-order valence-electron chi connectivity index (χ4n) is 3.46. The summed E-state index contributed by atoms with van der Waals surface area (Å²) in [4.78, 5) is 0. The predicted molar refractivity (Wildman–Crippen MR) is 120 cm³/mol. The molecule has 1 aliphatic rings. The minimum Gasteiger partial charge on any atom is -0.490 e. The lowest BCUT2D eigenvalue weighted by atomic mass is 10.0. The van der Waals surface area contributed by atoms with E-state index >= 15 is 0 Å². The molecule has 1 aromatic rings. The van der Waals surface area contributed by atoms with Crippen LogP contribution < -0.4 is 4.74 Å². The van der Waals surface area contributed by atoms with Crippen LogP contribution in [0.1, 0.15) is 96.5 Å². The SMILES string of the molecule is CCCCCCCC/C=C/CCCCCCc1cccc(OCC2(C)CO2)c1. The van der Waals surface area contributed by atoms with Crippen molar-refractivity contribution in [3.05, 3.63) is 42.0 Å². The van der Waals surface area contributed by atoms with Crippen molar-refractivity contribution >= 4 is 0 Å². The van der Waals surface area contributed by atoms with Gasteiger partial charge in [0, 0.05) is 0 Å². The van der Waals surface area contributed by atoms with Crippen molar-refractivity contribution < 1.29 is 9.47 Å². The van der Waals surface area contributed by atoms with Gasteiger partial charge in [-0.05, 0) is 63.1 Å². The van der Waals surface area contributed by atoms with E-state index in [0.29, 0.717) is 6.61 Å². The Morgan fingerprint density at radius 2 is 1.57 bits per heavy atom. The average molecular weight is 387 g/mol. The molecule has 2 heteroatoms. The maximum absolute atomic E-state index is 5.86. The molecule has 1 heterocycles. The van der Waals surface area contributed by atoms with Gasteiger partial charge in [0.05, 0.1) is 6.61 Å².